The molecule has 1 aromatic rings. The Bertz CT molecular complexity index is 541. The summed E-state index contributed by atoms with van der Waals surface area (Å²) in [6.45, 7) is 8.71. The molecule has 124 valence electrons. The zero-order chi connectivity index (χ0) is 16.8. The molecule has 0 N–H and O–H groups in total. The maximum atomic E-state index is 13.1. The molecule has 0 atom stereocenters. The van der Waals surface area contributed by atoms with E-state index >= 15 is 0 Å². The molecule has 0 bridgehead atoms. The van der Waals surface area contributed by atoms with Crippen molar-refractivity contribution in [2.45, 2.75) is 38.0 Å². The van der Waals surface area contributed by atoms with Gasteiger partial charge in [-0.05, 0) is 47.5 Å². The van der Waals surface area contributed by atoms with Gasteiger partial charge in [0.05, 0.1) is 9.64 Å². The second-order valence-electron chi connectivity index (χ2n) is 6.82. The van der Waals surface area contributed by atoms with Gasteiger partial charge in [0.2, 0.25) is 0 Å². The number of hydrogen-bond acceptors (Lipinski definition) is 2. The van der Waals surface area contributed by atoms with Gasteiger partial charge < -0.3 is 0 Å². The maximum Gasteiger partial charge on any atom is 0.417 e. The van der Waals surface area contributed by atoms with E-state index in [-0.39, 0.29) is 14.0 Å². The third-order valence-corrected chi connectivity index (χ3v) is 8.25. The van der Waals surface area contributed by atoms with Gasteiger partial charge in [-0.2, -0.15) is 13.2 Å². The van der Waals surface area contributed by atoms with Crippen molar-refractivity contribution >= 4 is 39.5 Å². The molecule has 1 aliphatic heterocycles. The van der Waals surface area contributed by atoms with Crippen LogP contribution in [0.15, 0.2) is 22.7 Å². The lowest BCUT2D eigenvalue weighted by molar-refractivity contribution is -0.138. The summed E-state index contributed by atoms with van der Waals surface area (Å²) in [6.07, 6.45) is -4.33. The lowest BCUT2D eigenvalue weighted by Crippen LogP contribution is -2.32. The summed E-state index contributed by atoms with van der Waals surface area (Å²) >= 11 is 6.53. The molecule has 6 heteroatoms. The predicted molar refractivity (Wildman–Crippen MR) is 94.4 cm³/mol. The van der Waals surface area contributed by atoms with E-state index in [1.165, 1.54) is 12.1 Å². The Kier molecular flexibility index (Phi) is 5.26. The van der Waals surface area contributed by atoms with Crippen LogP contribution in [0.1, 0.15) is 38.8 Å². The van der Waals surface area contributed by atoms with E-state index in [0.717, 1.165) is 17.1 Å². The van der Waals surface area contributed by atoms with Gasteiger partial charge in [-0.15, -0.1) is 23.5 Å². The van der Waals surface area contributed by atoms with Crippen molar-refractivity contribution in [1.29, 1.82) is 0 Å². The first-order valence-electron chi connectivity index (χ1n) is 7.08. The summed E-state index contributed by atoms with van der Waals surface area (Å²) in [5.74, 6) is 2.53. The number of halogens is 4. The van der Waals surface area contributed by atoms with Crippen LogP contribution in [0, 0.1) is 11.3 Å². The Morgan fingerprint density at radius 1 is 1.14 bits per heavy atom. The Morgan fingerprint density at radius 2 is 1.68 bits per heavy atom. The normalized spacial score (nSPS) is 27.0. The zero-order valence-electron chi connectivity index (χ0n) is 13.1. The maximum absolute atomic E-state index is 13.1. The smallest absolute Gasteiger partial charge is 0.166 e. The molecule has 1 aromatic carbocycles. The summed E-state index contributed by atoms with van der Waals surface area (Å²) in [5.41, 5.74) is 0.383. The topological polar surface area (TPSA) is 0 Å². The number of thioether (sulfide) groups is 2. The monoisotopic (exact) mass is 412 g/mol. The first-order chi connectivity index (χ1) is 9.93. The van der Waals surface area contributed by atoms with E-state index in [4.69, 9.17) is 0 Å². The minimum absolute atomic E-state index is 0.103. The lowest BCUT2D eigenvalue weighted by atomic mass is 9.83. The van der Waals surface area contributed by atoms with Crippen molar-refractivity contribution in [3.63, 3.8) is 0 Å². The third-order valence-electron chi connectivity index (χ3n) is 4.14. The van der Waals surface area contributed by atoms with Crippen molar-refractivity contribution in [2.75, 3.05) is 11.5 Å². The van der Waals surface area contributed by atoms with Crippen LogP contribution in [0.4, 0.5) is 13.2 Å². The molecule has 0 saturated carbocycles. The number of benzene rings is 1. The third kappa shape index (κ3) is 3.99. The fraction of sp³-hybridized carbons (Fsp3) is 0.625. The minimum atomic E-state index is -4.33. The summed E-state index contributed by atoms with van der Waals surface area (Å²) < 4.78 is 39.1. The molecule has 0 amide bonds. The Labute approximate surface area is 147 Å². The van der Waals surface area contributed by atoms with Crippen LogP contribution in [0.3, 0.4) is 0 Å². The fourth-order valence-corrected chi connectivity index (χ4v) is 6.52. The van der Waals surface area contributed by atoms with Gasteiger partial charge in [-0.25, -0.2) is 0 Å². The van der Waals surface area contributed by atoms with Gasteiger partial charge in [0, 0.05) is 4.47 Å². The predicted octanol–water partition coefficient (Wildman–Crippen LogP) is 6.78. The SMILES string of the molecule is CC(C)(C)[C@H]1CS[C@](C)(c2ccc(Br)c(C(F)(F)F)c2)SC1. The van der Waals surface area contributed by atoms with Gasteiger partial charge in [-0.1, -0.05) is 42.8 Å². The fourth-order valence-electron chi connectivity index (χ4n) is 2.30. The minimum Gasteiger partial charge on any atom is -0.166 e. The van der Waals surface area contributed by atoms with Crippen molar-refractivity contribution in [3.8, 4) is 0 Å². The van der Waals surface area contributed by atoms with Crippen molar-refractivity contribution in [2.24, 2.45) is 11.3 Å². The molecular weight excluding hydrogens is 393 g/mol. The largest absolute Gasteiger partial charge is 0.417 e. The van der Waals surface area contributed by atoms with Crippen LogP contribution in [-0.2, 0) is 10.3 Å². The highest BCUT2D eigenvalue weighted by Gasteiger charge is 2.40. The molecule has 1 heterocycles. The van der Waals surface area contributed by atoms with Gasteiger partial charge >= 0.3 is 6.18 Å². The highest BCUT2D eigenvalue weighted by molar-refractivity contribution is 9.10. The standard InChI is InChI=1S/C16H20BrF3S2/c1-14(2,3)11-8-21-15(4,22-9-11)10-5-6-13(17)12(7-10)16(18,19)20/h5-7,11H,8-9H2,1-4H3/t11-,15-. The van der Waals surface area contributed by atoms with E-state index < -0.39 is 11.7 Å². The molecule has 0 radical (unpaired) electrons. The molecule has 0 aromatic heterocycles. The van der Waals surface area contributed by atoms with Crippen LogP contribution in [-0.4, -0.2) is 11.5 Å². The second kappa shape index (κ2) is 6.25. The summed E-state index contributed by atoms with van der Waals surface area (Å²) in [4.78, 5) is 0. The summed E-state index contributed by atoms with van der Waals surface area (Å²) in [7, 11) is 0. The van der Waals surface area contributed by atoms with Crippen LogP contribution in [0.2, 0.25) is 0 Å². The lowest BCUT2D eigenvalue weighted by Gasteiger charge is -2.41. The molecule has 22 heavy (non-hydrogen) atoms. The van der Waals surface area contributed by atoms with Gasteiger partial charge in [0.15, 0.2) is 0 Å². The molecule has 0 unspecified atom stereocenters. The van der Waals surface area contributed by atoms with E-state index in [0.29, 0.717) is 5.92 Å². The highest BCUT2D eigenvalue weighted by Crippen LogP contribution is 2.54. The molecule has 0 aliphatic carbocycles. The number of hydrogen-bond donors (Lipinski definition) is 0. The average Bonchev–Trinajstić information content (AvgIpc) is 2.37. The second-order valence-corrected chi connectivity index (χ2v) is 10.8. The van der Waals surface area contributed by atoms with Crippen LogP contribution >= 0.6 is 39.5 Å². The molecule has 0 nitrogen and oxygen atoms in total. The number of rotatable bonds is 1. The Balaban J connectivity index is 2.26. The summed E-state index contributed by atoms with van der Waals surface area (Å²) in [5, 5.41) is 0. The first kappa shape index (κ1) is 18.5. The Morgan fingerprint density at radius 3 is 2.14 bits per heavy atom. The van der Waals surface area contributed by atoms with E-state index in [9.17, 15) is 13.2 Å². The molecule has 1 fully saturated rings. The molecule has 1 saturated heterocycles. The van der Waals surface area contributed by atoms with Crippen LogP contribution < -0.4 is 0 Å². The van der Waals surface area contributed by atoms with E-state index in [1.807, 2.05) is 6.92 Å². The zero-order valence-corrected chi connectivity index (χ0v) is 16.3. The van der Waals surface area contributed by atoms with E-state index in [1.54, 1.807) is 29.6 Å². The van der Waals surface area contributed by atoms with Crippen LogP contribution in [0.5, 0.6) is 0 Å². The molecular formula is C16H20BrF3S2. The van der Waals surface area contributed by atoms with Gasteiger partial charge in [0.1, 0.15) is 0 Å². The average molecular weight is 413 g/mol. The van der Waals surface area contributed by atoms with Gasteiger partial charge in [-0.3, -0.25) is 0 Å². The molecule has 0 spiro atoms. The van der Waals surface area contributed by atoms with E-state index in [2.05, 4.69) is 36.7 Å². The highest BCUT2D eigenvalue weighted by atomic mass is 79.9. The van der Waals surface area contributed by atoms with Gasteiger partial charge in [0.25, 0.3) is 0 Å². The number of alkyl halides is 3. The first-order valence-corrected chi connectivity index (χ1v) is 9.85. The van der Waals surface area contributed by atoms with Crippen molar-refractivity contribution in [3.05, 3.63) is 33.8 Å². The van der Waals surface area contributed by atoms with Crippen LogP contribution in [0.25, 0.3) is 0 Å². The quantitative estimate of drug-likeness (QED) is 0.498. The Hall–Kier alpha value is 0.190. The van der Waals surface area contributed by atoms with Crippen molar-refractivity contribution in [1.82, 2.24) is 0 Å². The molecule has 2 rings (SSSR count). The van der Waals surface area contributed by atoms with Crippen molar-refractivity contribution < 1.29 is 13.2 Å². The summed E-state index contributed by atoms with van der Waals surface area (Å²) in [6, 6.07) is 4.61. The molecule has 1 aliphatic rings.